The number of nitrogens with zero attached hydrogens (tertiary/aromatic N) is 1. The number of hydrogen-bond acceptors (Lipinski definition) is 2. The Hall–Kier alpha value is -2.06. The minimum atomic E-state index is -3.74. The molecular weight excluding hydrogens is 353 g/mol. The maximum atomic E-state index is 8.53. The van der Waals surface area contributed by atoms with Crippen molar-refractivity contribution in [1.29, 1.82) is 0 Å². The van der Waals surface area contributed by atoms with Crippen molar-refractivity contribution in [2.24, 2.45) is 4.76 Å². The summed E-state index contributed by atoms with van der Waals surface area (Å²) < 4.78 is 11.5. The van der Waals surface area contributed by atoms with Crippen molar-refractivity contribution < 1.29 is 4.21 Å². The van der Waals surface area contributed by atoms with Gasteiger partial charge in [0.1, 0.15) is 0 Å². The maximum absolute atomic E-state index is 8.53. The molecule has 0 saturated heterocycles. The van der Waals surface area contributed by atoms with E-state index in [1.807, 2.05) is 54.6 Å². The topological polar surface area (TPSA) is 21.6 Å². The fraction of sp³-hybridized carbons (Fsp3) is 0.136. The summed E-state index contributed by atoms with van der Waals surface area (Å²) in [4.78, 5) is 0. The SMILES string of the molecule is [C]=NP(O[Si](C)(C)C)(c1ccccc1)(c1ccccc1)c1ccccc1. The fourth-order valence-corrected chi connectivity index (χ4v) is 12.6. The predicted molar refractivity (Wildman–Crippen MR) is 117 cm³/mol. The molecule has 0 amide bonds. The van der Waals surface area contributed by atoms with E-state index in [0.29, 0.717) is 0 Å². The van der Waals surface area contributed by atoms with Gasteiger partial charge in [0.2, 0.25) is 0 Å². The Morgan fingerprint density at radius 3 is 1.19 bits per heavy atom. The standard InChI is InChI=1S/C22H24NOPSi/c1-23-25(24-26(2,3)4,20-14-8-5-9-15-20,21-16-10-6-11-17-21)22-18-12-7-13-19-22/h5-19H,2-4H3. The van der Waals surface area contributed by atoms with E-state index in [1.54, 1.807) is 0 Å². The van der Waals surface area contributed by atoms with Crippen LogP contribution in [0.5, 0.6) is 0 Å². The summed E-state index contributed by atoms with van der Waals surface area (Å²) in [6, 6.07) is 30.3. The van der Waals surface area contributed by atoms with Crippen molar-refractivity contribution in [3.8, 4) is 0 Å². The monoisotopic (exact) mass is 377 g/mol. The van der Waals surface area contributed by atoms with E-state index in [2.05, 4.69) is 60.8 Å². The van der Waals surface area contributed by atoms with Gasteiger partial charge in [-0.25, -0.2) is 0 Å². The second kappa shape index (κ2) is 6.92. The molecule has 3 rings (SSSR count). The van der Waals surface area contributed by atoms with Crippen molar-refractivity contribution in [2.75, 3.05) is 0 Å². The van der Waals surface area contributed by atoms with Crippen LogP contribution in [0.4, 0.5) is 0 Å². The third-order valence-corrected chi connectivity index (χ3v) is 12.1. The van der Waals surface area contributed by atoms with Crippen LogP contribution in [0.15, 0.2) is 95.8 Å². The number of rotatable bonds is 6. The summed E-state index contributed by atoms with van der Waals surface area (Å²) >= 11 is 0. The molecule has 3 aromatic rings. The van der Waals surface area contributed by atoms with E-state index in [9.17, 15) is 0 Å². The van der Waals surface area contributed by atoms with Gasteiger partial charge in [-0.05, 0) is 0 Å². The van der Waals surface area contributed by atoms with Gasteiger partial charge in [0.15, 0.2) is 0 Å². The van der Waals surface area contributed by atoms with Crippen LogP contribution >= 0.6 is 6.98 Å². The average molecular weight is 378 g/mol. The van der Waals surface area contributed by atoms with Gasteiger partial charge in [0, 0.05) is 0 Å². The van der Waals surface area contributed by atoms with Crippen LogP contribution in [0, 0.1) is 0 Å². The predicted octanol–water partition coefficient (Wildman–Crippen LogP) is 4.65. The Kier molecular flexibility index (Phi) is 4.98. The molecule has 132 valence electrons. The molecule has 0 aromatic heterocycles. The normalized spacial score (nSPS) is 13.6. The van der Waals surface area contributed by atoms with Gasteiger partial charge in [-0.3, -0.25) is 0 Å². The van der Waals surface area contributed by atoms with Gasteiger partial charge < -0.3 is 0 Å². The van der Waals surface area contributed by atoms with E-state index < -0.39 is 15.3 Å². The molecule has 0 bridgehead atoms. The summed E-state index contributed by atoms with van der Waals surface area (Å²) in [5, 5.41) is 2.90. The Labute approximate surface area is 157 Å². The molecule has 0 unspecified atom stereocenters. The quantitative estimate of drug-likeness (QED) is 0.348. The van der Waals surface area contributed by atoms with E-state index in [-0.39, 0.29) is 0 Å². The van der Waals surface area contributed by atoms with Crippen LogP contribution in [0.3, 0.4) is 0 Å². The van der Waals surface area contributed by atoms with Crippen LogP contribution in [0.1, 0.15) is 0 Å². The molecule has 0 aliphatic carbocycles. The molecule has 0 saturated carbocycles. The summed E-state index contributed by atoms with van der Waals surface area (Å²) in [6.45, 7) is 11.3. The first-order chi connectivity index (χ1) is 12.4. The molecule has 2 nitrogen and oxygen atoms in total. The van der Waals surface area contributed by atoms with E-state index in [1.165, 1.54) is 0 Å². The van der Waals surface area contributed by atoms with Gasteiger partial charge >= 0.3 is 158 Å². The average Bonchev–Trinajstić information content (AvgIpc) is 2.68. The van der Waals surface area contributed by atoms with E-state index in [0.717, 1.165) is 15.9 Å². The van der Waals surface area contributed by atoms with E-state index >= 15 is 0 Å². The van der Waals surface area contributed by atoms with Crippen LogP contribution in [0.25, 0.3) is 0 Å². The Bertz CT molecular complexity index is 777. The zero-order chi connectivity index (χ0) is 18.7. The van der Waals surface area contributed by atoms with Crippen molar-refractivity contribution in [3.05, 3.63) is 91.0 Å². The molecule has 3 aromatic carbocycles. The molecule has 26 heavy (non-hydrogen) atoms. The minimum absolute atomic E-state index is 0.966. The summed E-state index contributed by atoms with van der Waals surface area (Å²) in [5.41, 5.74) is 0. The first-order valence-corrected chi connectivity index (χ1v) is 14.2. The number of benzene rings is 3. The fourth-order valence-electron chi connectivity index (χ4n) is 3.45. The molecule has 0 N–H and O–H groups in total. The van der Waals surface area contributed by atoms with Gasteiger partial charge in [-0.2, -0.15) is 0 Å². The molecule has 2 radical (unpaired) electrons. The molecular formula is C22H24NOPSi. The Morgan fingerprint density at radius 2 is 0.962 bits per heavy atom. The Morgan fingerprint density at radius 1 is 0.654 bits per heavy atom. The Balaban J connectivity index is 2.53. The zero-order valence-corrected chi connectivity index (χ0v) is 17.4. The zero-order valence-electron chi connectivity index (χ0n) is 15.5. The summed E-state index contributed by atoms with van der Waals surface area (Å²) in [5.74, 6) is 0. The molecule has 4 heteroatoms. The van der Waals surface area contributed by atoms with Crippen molar-refractivity contribution >= 4 is 37.9 Å². The van der Waals surface area contributed by atoms with E-state index in [4.69, 9.17) is 10.9 Å². The van der Waals surface area contributed by atoms with Gasteiger partial charge in [0.25, 0.3) is 0 Å². The molecule has 0 aliphatic heterocycles. The molecule has 0 heterocycles. The molecule has 0 aliphatic rings. The van der Waals surface area contributed by atoms with Crippen LogP contribution < -0.4 is 15.9 Å². The van der Waals surface area contributed by atoms with Gasteiger partial charge in [-0.15, -0.1) is 0 Å². The second-order valence-electron chi connectivity index (χ2n) is 7.30. The van der Waals surface area contributed by atoms with Crippen molar-refractivity contribution in [2.45, 2.75) is 19.6 Å². The van der Waals surface area contributed by atoms with Gasteiger partial charge in [0.05, 0.1) is 0 Å². The summed E-state index contributed by atoms with van der Waals surface area (Å²) in [6.07, 6.45) is 0. The third kappa shape index (κ3) is 2.97. The van der Waals surface area contributed by atoms with Crippen molar-refractivity contribution in [1.82, 2.24) is 0 Å². The van der Waals surface area contributed by atoms with Crippen LogP contribution in [0.2, 0.25) is 19.6 Å². The van der Waals surface area contributed by atoms with Crippen molar-refractivity contribution in [3.63, 3.8) is 0 Å². The number of hydrogen-bond donors (Lipinski definition) is 0. The second-order valence-corrected chi connectivity index (χ2v) is 16.0. The third-order valence-electron chi connectivity index (χ3n) is 4.35. The first kappa shape index (κ1) is 18.7. The van der Waals surface area contributed by atoms with Crippen LogP contribution in [-0.2, 0) is 4.21 Å². The molecule has 0 fully saturated rings. The van der Waals surface area contributed by atoms with Gasteiger partial charge in [-0.1, -0.05) is 0 Å². The molecule has 0 spiro atoms. The molecule has 0 atom stereocenters. The summed E-state index contributed by atoms with van der Waals surface area (Å²) in [7, 11) is -2.09. The first-order valence-electron chi connectivity index (χ1n) is 8.71. The van der Waals surface area contributed by atoms with Crippen LogP contribution in [-0.4, -0.2) is 15.0 Å².